The molecule has 1 aliphatic rings. The lowest BCUT2D eigenvalue weighted by atomic mass is 10.0. The number of fused-ring (bicyclic) bond motifs is 1. The number of likely N-dealkylation sites (tertiary alicyclic amines) is 1. The second-order valence-electron chi connectivity index (χ2n) is 9.14. The minimum absolute atomic E-state index is 0.00832. The van der Waals surface area contributed by atoms with Crippen LogP contribution in [-0.2, 0) is 17.9 Å². The van der Waals surface area contributed by atoms with Crippen molar-refractivity contribution in [3.63, 3.8) is 0 Å². The van der Waals surface area contributed by atoms with Crippen molar-refractivity contribution < 1.29 is 4.79 Å². The van der Waals surface area contributed by atoms with Crippen molar-refractivity contribution in [1.29, 1.82) is 0 Å². The topological polar surface area (TPSA) is 63.1 Å². The van der Waals surface area contributed by atoms with Gasteiger partial charge in [-0.3, -0.25) is 9.69 Å². The number of rotatable bonds is 9. The molecule has 0 radical (unpaired) electrons. The van der Waals surface area contributed by atoms with Crippen molar-refractivity contribution in [3.05, 3.63) is 89.7 Å². The third-order valence-corrected chi connectivity index (χ3v) is 7.49. The Bertz CT molecular complexity index is 1280. The van der Waals surface area contributed by atoms with Crippen molar-refractivity contribution >= 4 is 28.4 Å². The molecule has 4 aromatic rings. The molecule has 0 spiro atoms. The van der Waals surface area contributed by atoms with Crippen LogP contribution in [0.2, 0.25) is 0 Å². The number of aromatic nitrogens is 3. The van der Waals surface area contributed by atoms with Gasteiger partial charge in [0.2, 0.25) is 5.91 Å². The lowest BCUT2D eigenvalue weighted by molar-refractivity contribution is -0.119. The molecular weight excluding hydrogens is 454 g/mol. The lowest BCUT2D eigenvalue weighted by Crippen LogP contribution is -2.28. The van der Waals surface area contributed by atoms with Gasteiger partial charge < -0.3 is 9.88 Å². The van der Waals surface area contributed by atoms with Gasteiger partial charge in [-0.1, -0.05) is 78.5 Å². The van der Waals surface area contributed by atoms with E-state index in [1.165, 1.54) is 40.9 Å². The summed E-state index contributed by atoms with van der Waals surface area (Å²) >= 11 is 1.45. The second-order valence-corrected chi connectivity index (χ2v) is 10.1. The molecule has 0 saturated carbocycles. The predicted octanol–water partition coefficient (Wildman–Crippen LogP) is 5.04. The Morgan fingerprint density at radius 2 is 1.69 bits per heavy atom. The van der Waals surface area contributed by atoms with E-state index in [0.717, 1.165) is 36.2 Å². The fourth-order valence-corrected chi connectivity index (χ4v) is 5.35. The van der Waals surface area contributed by atoms with E-state index in [2.05, 4.69) is 67.4 Å². The Hall–Kier alpha value is -3.16. The molecule has 1 unspecified atom stereocenters. The molecule has 1 aromatic heterocycles. The van der Waals surface area contributed by atoms with Crippen LogP contribution in [-0.4, -0.2) is 44.4 Å². The Morgan fingerprint density at radius 3 is 2.49 bits per heavy atom. The molecule has 5 rings (SSSR count). The minimum atomic E-state index is -0.0689. The maximum atomic E-state index is 12.8. The fraction of sp³-hybridized carbons (Fsp3) is 0.321. The molecule has 6 nitrogen and oxygen atoms in total. The quantitative estimate of drug-likeness (QED) is 0.336. The maximum absolute atomic E-state index is 12.8. The van der Waals surface area contributed by atoms with Crippen LogP contribution in [0.3, 0.4) is 0 Å². The van der Waals surface area contributed by atoms with Gasteiger partial charge >= 0.3 is 0 Å². The number of thioether (sulfide) groups is 1. The molecule has 35 heavy (non-hydrogen) atoms. The zero-order chi connectivity index (χ0) is 24.0. The van der Waals surface area contributed by atoms with E-state index in [0.29, 0.717) is 12.3 Å². The van der Waals surface area contributed by atoms with Crippen molar-refractivity contribution in [3.8, 4) is 0 Å². The monoisotopic (exact) mass is 485 g/mol. The highest BCUT2D eigenvalue weighted by Crippen LogP contribution is 2.23. The minimum Gasteiger partial charge on any atom is -0.349 e. The van der Waals surface area contributed by atoms with Gasteiger partial charge in [0, 0.05) is 0 Å². The average Bonchev–Trinajstić information content (AvgIpc) is 3.53. The first kappa shape index (κ1) is 23.6. The van der Waals surface area contributed by atoms with Gasteiger partial charge in [0.15, 0.2) is 5.16 Å². The summed E-state index contributed by atoms with van der Waals surface area (Å²) in [6.45, 7) is 5.74. The summed E-state index contributed by atoms with van der Waals surface area (Å²) in [5.41, 5.74) is 2.30. The summed E-state index contributed by atoms with van der Waals surface area (Å²) in [6, 6.07) is 24.9. The molecule has 3 aromatic carbocycles. The van der Waals surface area contributed by atoms with Crippen LogP contribution >= 0.6 is 11.8 Å². The van der Waals surface area contributed by atoms with Crippen LogP contribution in [0.25, 0.3) is 10.8 Å². The fourth-order valence-electron chi connectivity index (χ4n) is 4.58. The van der Waals surface area contributed by atoms with Crippen LogP contribution in [0.15, 0.2) is 78.0 Å². The largest absolute Gasteiger partial charge is 0.349 e. The van der Waals surface area contributed by atoms with Gasteiger partial charge in [-0.15, -0.1) is 10.2 Å². The molecule has 0 aliphatic carbocycles. The summed E-state index contributed by atoms with van der Waals surface area (Å²) in [4.78, 5) is 15.2. The van der Waals surface area contributed by atoms with Crippen LogP contribution in [0.5, 0.6) is 0 Å². The summed E-state index contributed by atoms with van der Waals surface area (Å²) in [6.07, 6.45) is 2.48. The number of nitrogens with zero attached hydrogens (tertiary/aromatic N) is 4. The normalized spacial score (nSPS) is 14.9. The van der Waals surface area contributed by atoms with Gasteiger partial charge in [0.05, 0.1) is 24.9 Å². The Morgan fingerprint density at radius 1 is 0.943 bits per heavy atom. The molecule has 180 valence electrons. The van der Waals surface area contributed by atoms with Crippen LogP contribution < -0.4 is 5.32 Å². The molecule has 1 fully saturated rings. The molecule has 1 N–H and O–H groups in total. The molecule has 2 heterocycles. The molecule has 1 amide bonds. The van der Waals surface area contributed by atoms with Gasteiger partial charge in [-0.25, -0.2) is 0 Å². The van der Waals surface area contributed by atoms with E-state index >= 15 is 0 Å². The first-order valence-electron chi connectivity index (χ1n) is 12.2. The average molecular weight is 486 g/mol. The molecule has 7 heteroatoms. The Labute approximate surface area is 210 Å². The van der Waals surface area contributed by atoms with Crippen molar-refractivity contribution in [2.45, 2.75) is 44.1 Å². The molecular formula is C28H31N5OS. The van der Waals surface area contributed by atoms with E-state index in [4.69, 9.17) is 0 Å². The van der Waals surface area contributed by atoms with E-state index in [1.807, 2.05) is 37.3 Å². The van der Waals surface area contributed by atoms with E-state index in [9.17, 15) is 4.79 Å². The number of amides is 1. The van der Waals surface area contributed by atoms with Crippen LogP contribution in [0, 0.1) is 0 Å². The van der Waals surface area contributed by atoms with E-state index in [-0.39, 0.29) is 11.9 Å². The number of nitrogens with one attached hydrogen (secondary N) is 1. The number of hydrogen-bond acceptors (Lipinski definition) is 5. The highest BCUT2D eigenvalue weighted by Gasteiger charge is 2.20. The van der Waals surface area contributed by atoms with Crippen molar-refractivity contribution in [2.24, 2.45) is 0 Å². The SMILES string of the molecule is CC(NC(=O)CSc1nnc(CN2CCCC2)n1Cc1ccccc1)c1ccc2ccccc2c1. The maximum Gasteiger partial charge on any atom is 0.230 e. The highest BCUT2D eigenvalue weighted by atomic mass is 32.2. The van der Waals surface area contributed by atoms with E-state index < -0.39 is 0 Å². The zero-order valence-electron chi connectivity index (χ0n) is 20.1. The molecule has 1 atom stereocenters. The number of benzene rings is 3. The van der Waals surface area contributed by atoms with Crippen LogP contribution in [0.4, 0.5) is 0 Å². The third kappa shape index (κ3) is 5.92. The summed E-state index contributed by atoms with van der Waals surface area (Å²) in [7, 11) is 0. The van der Waals surface area contributed by atoms with Gasteiger partial charge in [-0.05, 0) is 60.8 Å². The molecule has 1 aliphatic heterocycles. The van der Waals surface area contributed by atoms with Gasteiger partial charge in [0.25, 0.3) is 0 Å². The van der Waals surface area contributed by atoms with Gasteiger partial charge in [-0.2, -0.15) is 0 Å². The number of carbonyl (C=O) groups excluding carboxylic acids is 1. The lowest BCUT2D eigenvalue weighted by Gasteiger charge is -2.17. The van der Waals surface area contributed by atoms with Gasteiger partial charge in [0.1, 0.15) is 5.82 Å². The van der Waals surface area contributed by atoms with Crippen LogP contribution in [0.1, 0.15) is 42.8 Å². The second kappa shape index (κ2) is 11.1. The first-order chi connectivity index (χ1) is 17.2. The number of carbonyl (C=O) groups is 1. The standard InChI is InChI=1S/C28H31N5OS/c1-21(24-14-13-23-11-5-6-12-25(23)17-24)29-27(34)20-35-28-31-30-26(19-32-15-7-8-16-32)33(28)18-22-9-3-2-4-10-22/h2-6,9-14,17,21H,7-8,15-16,18-20H2,1H3,(H,29,34). The van der Waals surface area contributed by atoms with Crippen molar-refractivity contribution in [2.75, 3.05) is 18.8 Å². The highest BCUT2D eigenvalue weighted by molar-refractivity contribution is 7.99. The molecule has 1 saturated heterocycles. The van der Waals surface area contributed by atoms with Crippen molar-refractivity contribution in [1.82, 2.24) is 25.0 Å². The third-order valence-electron chi connectivity index (χ3n) is 6.52. The Balaban J connectivity index is 1.25. The number of hydrogen-bond donors (Lipinski definition) is 1. The Kier molecular flexibility index (Phi) is 7.45. The molecule has 0 bridgehead atoms. The smallest absolute Gasteiger partial charge is 0.230 e. The van der Waals surface area contributed by atoms with E-state index in [1.54, 1.807) is 0 Å². The summed E-state index contributed by atoms with van der Waals surface area (Å²) in [5, 5.41) is 15.3. The zero-order valence-corrected chi connectivity index (χ0v) is 20.9. The first-order valence-corrected chi connectivity index (χ1v) is 13.2. The summed E-state index contributed by atoms with van der Waals surface area (Å²) in [5.74, 6) is 1.25. The summed E-state index contributed by atoms with van der Waals surface area (Å²) < 4.78 is 2.17. The predicted molar refractivity (Wildman–Crippen MR) is 141 cm³/mol.